The van der Waals surface area contributed by atoms with E-state index in [9.17, 15) is 10.2 Å². The van der Waals surface area contributed by atoms with Crippen molar-refractivity contribution in [1.82, 2.24) is 0 Å². The molecule has 2 aromatic carbocycles. The maximum absolute atomic E-state index is 11.0. The summed E-state index contributed by atoms with van der Waals surface area (Å²) in [5, 5.41) is 21.5. The summed E-state index contributed by atoms with van der Waals surface area (Å²) in [5.74, 6) is 2.74. The van der Waals surface area contributed by atoms with Crippen molar-refractivity contribution in [3.05, 3.63) is 68.3 Å². The number of hydrogen-bond acceptors (Lipinski definition) is 6. The molecule has 0 fully saturated rings. The Bertz CT molecular complexity index is 1150. The predicted molar refractivity (Wildman–Crippen MR) is 181 cm³/mol. The number of benzene rings is 2. The minimum absolute atomic E-state index is 0.00286. The molecule has 7 heteroatoms. The topological polar surface area (TPSA) is 77.4 Å². The van der Waals surface area contributed by atoms with Gasteiger partial charge in [0.1, 0.15) is 0 Å². The second kappa shape index (κ2) is 20.0. The van der Waals surface area contributed by atoms with Crippen LogP contribution >= 0.6 is 0 Å². The third-order valence-electron chi connectivity index (χ3n) is 8.53. The third-order valence-corrected chi connectivity index (χ3v) is 24.5. The first-order chi connectivity index (χ1) is 20.9. The fraction of sp³-hybridized carbons (Fsp3) is 0.556. The van der Waals surface area contributed by atoms with Gasteiger partial charge in [-0.2, -0.15) is 0 Å². The maximum atomic E-state index is 11.0. The average molecular weight is 704 g/mol. The molecule has 240 valence electrons. The van der Waals surface area contributed by atoms with Crippen LogP contribution in [0.5, 0.6) is 23.0 Å². The van der Waals surface area contributed by atoms with Crippen LogP contribution in [-0.4, -0.2) is 70.2 Å². The van der Waals surface area contributed by atoms with Crippen molar-refractivity contribution in [2.24, 2.45) is 0 Å². The molecular weight excluding hydrogens is 647 g/mol. The zero-order chi connectivity index (χ0) is 31.7. The SMILES string of the molecule is CCC[CH2][Sn]([CH2]CCC)([CH2]CCC)[C](=C/CO)/C(Cc1ccc(OC)c(OC)c1)=C(\CO)Cc1ccc(OC)c(OC)c1. The fourth-order valence-corrected chi connectivity index (χ4v) is 23.5. The first-order valence-electron chi connectivity index (χ1n) is 16.0. The Kier molecular flexibility index (Phi) is 17.2. The Hall–Kier alpha value is -2.16. The van der Waals surface area contributed by atoms with E-state index in [1.807, 2.05) is 30.3 Å². The van der Waals surface area contributed by atoms with Gasteiger partial charge in [-0.1, -0.05) is 0 Å². The van der Waals surface area contributed by atoms with Gasteiger partial charge in [0.2, 0.25) is 0 Å². The van der Waals surface area contributed by atoms with E-state index >= 15 is 0 Å². The Balaban J connectivity index is 2.86. The summed E-state index contributed by atoms with van der Waals surface area (Å²) in [4.78, 5) is 0. The van der Waals surface area contributed by atoms with Crippen LogP contribution in [0.1, 0.15) is 70.4 Å². The summed E-state index contributed by atoms with van der Waals surface area (Å²) in [6, 6.07) is 12.1. The van der Waals surface area contributed by atoms with Crippen LogP contribution in [0.4, 0.5) is 0 Å². The number of allylic oxidation sites excluding steroid dienone is 2. The van der Waals surface area contributed by atoms with Crippen LogP contribution in [0.3, 0.4) is 0 Å². The van der Waals surface area contributed by atoms with Gasteiger partial charge in [0, 0.05) is 0 Å². The molecule has 2 aromatic rings. The van der Waals surface area contributed by atoms with Crippen LogP contribution in [-0.2, 0) is 12.8 Å². The minimum atomic E-state index is -3.07. The van der Waals surface area contributed by atoms with Gasteiger partial charge in [-0.3, -0.25) is 0 Å². The van der Waals surface area contributed by atoms with E-state index in [0.717, 1.165) is 36.0 Å². The van der Waals surface area contributed by atoms with Gasteiger partial charge in [-0.25, -0.2) is 0 Å². The van der Waals surface area contributed by atoms with Crippen molar-refractivity contribution in [3.63, 3.8) is 0 Å². The van der Waals surface area contributed by atoms with Crippen LogP contribution in [0.2, 0.25) is 13.3 Å². The summed E-state index contributed by atoms with van der Waals surface area (Å²) in [6.07, 6.45) is 10.5. The van der Waals surface area contributed by atoms with Gasteiger partial charge in [0.25, 0.3) is 0 Å². The molecule has 2 rings (SSSR count). The molecule has 0 saturated carbocycles. The Labute approximate surface area is 265 Å². The molecule has 0 aliphatic carbocycles. The normalized spacial score (nSPS) is 12.6. The molecule has 0 spiro atoms. The molecule has 0 bridgehead atoms. The standard InChI is InChI=1S/C24H29O6.3C4H9.Sn/c1-27-21-9-7-17(14-23(21)29-3)12-19(6-5-11-25)20(16-26)13-18-8-10-22(28-2)24(15-18)30-4;3*1-3-4-2;/h5,7-10,14-15,25-26H,11-13,16H2,1-4H3;3*1,3-4H2,2H3;/b6-5?,20-19+;;;;. The van der Waals surface area contributed by atoms with Crippen molar-refractivity contribution >= 4 is 18.4 Å². The Morgan fingerprint density at radius 1 is 0.651 bits per heavy atom. The Morgan fingerprint density at radius 3 is 1.47 bits per heavy atom. The molecule has 0 atom stereocenters. The van der Waals surface area contributed by atoms with Gasteiger partial charge < -0.3 is 0 Å². The van der Waals surface area contributed by atoms with Crippen LogP contribution in [0.25, 0.3) is 0 Å². The quantitative estimate of drug-likeness (QED) is 0.101. The van der Waals surface area contributed by atoms with Gasteiger partial charge in [-0.15, -0.1) is 0 Å². The van der Waals surface area contributed by atoms with E-state index < -0.39 is 18.4 Å². The molecule has 0 amide bonds. The molecule has 2 N–H and O–H groups in total. The summed E-state index contributed by atoms with van der Waals surface area (Å²) < 4.78 is 27.5. The number of aliphatic hydroxyl groups excluding tert-OH is 2. The van der Waals surface area contributed by atoms with Crippen LogP contribution in [0, 0.1) is 0 Å². The molecule has 0 saturated heterocycles. The number of aliphatic hydroxyl groups is 2. The monoisotopic (exact) mass is 704 g/mol. The molecule has 0 aliphatic rings. The molecule has 6 nitrogen and oxygen atoms in total. The van der Waals surface area contributed by atoms with Crippen molar-refractivity contribution in [2.75, 3.05) is 41.7 Å². The number of methoxy groups -OCH3 is 4. The van der Waals surface area contributed by atoms with Crippen molar-refractivity contribution in [3.8, 4) is 23.0 Å². The first-order valence-corrected chi connectivity index (χ1v) is 23.4. The molecule has 0 radical (unpaired) electrons. The molecule has 0 heterocycles. The van der Waals surface area contributed by atoms with Crippen molar-refractivity contribution in [1.29, 1.82) is 0 Å². The van der Waals surface area contributed by atoms with E-state index in [-0.39, 0.29) is 13.2 Å². The van der Waals surface area contributed by atoms with E-state index in [4.69, 9.17) is 18.9 Å². The predicted octanol–water partition coefficient (Wildman–Crippen LogP) is 8.10. The summed E-state index contributed by atoms with van der Waals surface area (Å²) in [7, 11) is 6.59. The molecule has 0 unspecified atom stereocenters. The van der Waals surface area contributed by atoms with Gasteiger partial charge in [0.15, 0.2) is 0 Å². The Morgan fingerprint density at radius 2 is 1.09 bits per heavy atom. The summed E-state index contributed by atoms with van der Waals surface area (Å²) >= 11 is -3.07. The second-order valence-corrected chi connectivity index (χ2v) is 24.5. The molecule has 0 aromatic heterocycles. The number of ether oxygens (including phenoxy) is 4. The average Bonchev–Trinajstić information content (AvgIpc) is 3.05. The third kappa shape index (κ3) is 10.5. The number of rotatable bonds is 21. The van der Waals surface area contributed by atoms with Crippen LogP contribution < -0.4 is 18.9 Å². The molecule has 0 aliphatic heterocycles. The zero-order valence-electron chi connectivity index (χ0n) is 27.8. The van der Waals surface area contributed by atoms with Crippen LogP contribution in [0.15, 0.2) is 57.2 Å². The first kappa shape index (κ1) is 37.0. The fourth-order valence-electron chi connectivity index (χ4n) is 6.18. The molecule has 43 heavy (non-hydrogen) atoms. The van der Waals surface area contributed by atoms with E-state index in [0.29, 0.717) is 35.8 Å². The van der Waals surface area contributed by atoms with E-state index in [1.165, 1.54) is 41.7 Å². The van der Waals surface area contributed by atoms with Gasteiger partial charge in [-0.05, 0) is 0 Å². The van der Waals surface area contributed by atoms with E-state index in [2.05, 4.69) is 32.9 Å². The second-order valence-electron chi connectivity index (χ2n) is 11.4. The molecular formula is C36H56O6Sn. The number of unbranched alkanes of at least 4 members (excludes halogenated alkanes) is 3. The van der Waals surface area contributed by atoms with E-state index in [1.54, 1.807) is 28.4 Å². The summed E-state index contributed by atoms with van der Waals surface area (Å²) in [5.41, 5.74) is 4.33. The number of hydrogen-bond donors (Lipinski definition) is 2. The van der Waals surface area contributed by atoms with Gasteiger partial charge >= 0.3 is 266 Å². The summed E-state index contributed by atoms with van der Waals surface area (Å²) in [6.45, 7) is 6.78. The van der Waals surface area contributed by atoms with Gasteiger partial charge in [0.05, 0.1) is 0 Å². The van der Waals surface area contributed by atoms with Crippen molar-refractivity contribution in [2.45, 2.75) is 85.4 Å². The van der Waals surface area contributed by atoms with Crippen molar-refractivity contribution < 1.29 is 29.2 Å². The zero-order valence-corrected chi connectivity index (χ0v) is 30.6.